The molecule has 1 aromatic carbocycles. The van der Waals surface area contributed by atoms with E-state index in [4.69, 9.17) is 0 Å². The molecular formula is C13H20N2O4S. The Bertz CT molecular complexity index is 571. The molecule has 6 nitrogen and oxygen atoms in total. The molecule has 112 valence electrons. The number of nitro groups is 1. The van der Waals surface area contributed by atoms with E-state index in [-0.39, 0.29) is 16.6 Å². The van der Waals surface area contributed by atoms with Crippen LogP contribution in [-0.2, 0) is 9.84 Å². The lowest BCUT2D eigenvalue weighted by atomic mass is 10.2. The molecule has 0 fully saturated rings. The Kier molecular flexibility index (Phi) is 5.64. The molecule has 0 aromatic heterocycles. The number of benzene rings is 1. The Morgan fingerprint density at radius 2 is 1.90 bits per heavy atom. The molecule has 0 saturated heterocycles. The number of hydrogen-bond acceptors (Lipinski definition) is 5. The summed E-state index contributed by atoms with van der Waals surface area (Å²) in [6, 6.07) is 5.18. The molecule has 0 heterocycles. The minimum atomic E-state index is -3.75. The summed E-state index contributed by atoms with van der Waals surface area (Å²) in [6.45, 7) is 6.03. The van der Waals surface area contributed by atoms with Gasteiger partial charge in [0, 0.05) is 12.1 Å². The standard InChI is InChI=1S/C13H20N2O4S/c1-4-9-14-10(2)11(3)20(18,19)13-8-6-5-7-12(13)15(16)17/h5-8,10-11,14H,4,9H2,1-3H3. The van der Waals surface area contributed by atoms with Crippen molar-refractivity contribution in [3.8, 4) is 0 Å². The molecule has 0 spiro atoms. The second-order valence-corrected chi connectivity index (χ2v) is 6.99. The van der Waals surface area contributed by atoms with Gasteiger partial charge in [0.05, 0.1) is 10.2 Å². The van der Waals surface area contributed by atoms with Crippen molar-refractivity contribution in [3.05, 3.63) is 34.4 Å². The smallest absolute Gasteiger partial charge is 0.287 e. The van der Waals surface area contributed by atoms with Gasteiger partial charge in [-0.3, -0.25) is 10.1 Å². The van der Waals surface area contributed by atoms with Crippen molar-refractivity contribution in [2.45, 2.75) is 43.4 Å². The molecule has 0 aliphatic rings. The van der Waals surface area contributed by atoms with E-state index >= 15 is 0 Å². The van der Waals surface area contributed by atoms with Gasteiger partial charge in [-0.15, -0.1) is 0 Å². The Labute approximate surface area is 119 Å². The van der Waals surface area contributed by atoms with Crippen LogP contribution >= 0.6 is 0 Å². The van der Waals surface area contributed by atoms with Crippen molar-refractivity contribution in [1.29, 1.82) is 0 Å². The number of hydrogen-bond donors (Lipinski definition) is 1. The van der Waals surface area contributed by atoms with E-state index in [2.05, 4.69) is 5.32 Å². The highest BCUT2D eigenvalue weighted by molar-refractivity contribution is 7.92. The molecule has 0 aliphatic carbocycles. The van der Waals surface area contributed by atoms with Gasteiger partial charge in [-0.1, -0.05) is 19.1 Å². The first-order chi connectivity index (χ1) is 9.32. The fraction of sp³-hybridized carbons (Fsp3) is 0.538. The normalized spacial score (nSPS) is 14.8. The van der Waals surface area contributed by atoms with Crippen LogP contribution in [0, 0.1) is 10.1 Å². The van der Waals surface area contributed by atoms with Crippen molar-refractivity contribution in [2.75, 3.05) is 6.54 Å². The molecule has 0 radical (unpaired) electrons. The number of nitrogens with zero attached hydrogens (tertiary/aromatic N) is 1. The van der Waals surface area contributed by atoms with E-state index in [9.17, 15) is 18.5 Å². The topological polar surface area (TPSA) is 89.3 Å². The van der Waals surface area contributed by atoms with Crippen LogP contribution in [0.1, 0.15) is 27.2 Å². The van der Waals surface area contributed by atoms with Crippen molar-refractivity contribution in [1.82, 2.24) is 5.32 Å². The van der Waals surface area contributed by atoms with Gasteiger partial charge in [-0.05, 0) is 32.9 Å². The molecule has 7 heteroatoms. The quantitative estimate of drug-likeness (QED) is 0.615. The van der Waals surface area contributed by atoms with Gasteiger partial charge in [-0.2, -0.15) is 0 Å². The molecule has 20 heavy (non-hydrogen) atoms. The maximum absolute atomic E-state index is 12.5. The molecule has 2 unspecified atom stereocenters. The molecule has 0 amide bonds. The van der Waals surface area contributed by atoms with Crippen LogP contribution in [0.3, 0.4) is 0 Å². The predicted molar refractivity (Wildman–Crippen MR) is 77.5 cm³/mol. The van der Waals surface area contributed by atoms with Crippen LogP contribution < -0.4 is 5.32 Å². The molecule has 1 aromatic rings. The van der Waals surface area contributed by atoms with E-state index in [1.165, 1.54) is 24.3 Å². The fourth-order valence-electron chi connectivity index (χ4n) is 1.86. The first-order valence-electron chi connectivity index (χ1n) is 6.53. The van der Waals surface area contributed by atoms with Gasteiger partial charge in [-0.25, -0.2) is 8.42 Å². The molecule has 0 aliphatic heterocycles. The summed E-state index contributed by atoms with van der Waals surface area (Å²) in [6.07, 6.45) is 0.891. The van der Waals surface area contributed by atoms with Crippen LogP contribution in [0.25, 0.3) is 0 Å². The van der Waals surface area contributed by atoms with E-state index in [1.54, 1.807) is 13.8 Å². The van der Waals surface area contributed by atoms with Gasteiger partial charge in [0.1, 0.15) is 4.90 Å². The SMILES string of the molecule is CCCNC(C)C(C)S(=O)(=O)c1ccccc1[N+](=O)[O-]. The average molecular weight is 300 g/mol. The van der Waals surface area contributed by atoms with E-state index in [0.717, 1.165) is 6.42 Å². The largest absolute Gasteiger partial charge is 0.313 e. The summed E-state index contributed by atoms with van der Waals surface area (Å²) in [5.41, 5.74) is -0.373. The molecule has 1 rings (SSSR count). The van der Waals surface area contributed by atoms with E-state index < -0.39 is 20.0 Å². The monoisotopic (exact) mass is 300 g/mol. The summed E-state index contributed by atoms with van der Waals surface area (Å²) in [7, 11) is -3.75. The summed E-state index contributed by atoms with van der Waals surface area (Å²) >= 11 is 0. The lowest BCUT2D eigenvalue weighted by Crippen LogP contribution is -2.40. The van der Waals surface area contributed by atoms with E-state index in [1.807, 2.05) is 6.92 Å². The third-order valence-corrected chi connectivity index (χ3v) is 5.62. The summed E-state index contributed by atoms with van der Waals surface area (Å²) < 4.78 is 25.0. The Morgan fingerprint density at radius 1 is 1.30 bits per heavy atom. The van der Waals surface area contributed by atoms with Gasteiger partial charge in [0.15, 0.2) is 9.84 Å². The third kappa shape index (κ3) is 3.55. The summed E-state index contributed by atoms with van der Waals surface area (Å²) in [5.74, 6) is 0. The van der Waals surface area contributed by atoms with Crippen molar-refractivity contribution < 1.29 is 13.3 Å². The molecule has 0 saturated carbocycles. The maximum Gasteiger partial charge on any atom is 0.287 e. The molecule has 2 atom stereocenters. The van der Waals surface area contributed by atoms with Gasteiger partial charge >= 0.3 is 0 Å². The van der Waals surface area contributed by atoms with Gasteiger partial charge < -0.3 is 5.32 Å². The highest BCUT2D eigenvalue weighted by Gasteiger charge is 2.33. The molecule has 1 N–H and O–H groups in total. The summed E-state index contributed by atoms with van der Waals surface area (Å²) in [5, 5.41) is 13.3. The van der Waals surface area contributed by atoms with Crippen molar-refractivity contribution in [2.24, 2.45) is 0 Å². The van der Waals surface area contributed by atoms with Gasteiger partial charge in [0.2, 0.25) is 0 Å². The minimum absolute atomic E-state index is 0.220. The highest BCUT2D eigenvalue weighted by atomic mass is 32.2. The van der Waals surface area contributed by atoms with Crippen LogP contribution in [0.15, 0.2) is 29.2 Å². The Morgan fingerprint density at radius 3 is 2.45 bits per heavy atom. The zero-order chi connectivity index (χ0) is 15.3. The van der Waals surface area contributed by atoms with E-state index in [0.29, 0.717) is 6.54 Å². The number of para-hydroxylation sites is 1. The highest BCUT2D eigenvalue weighted by Crippen LogP contribution is 2.27. The first-order valence-corrected chi connectivity index (χ1v) is 8.07. The second kappa shape index (κ2) is 6.81. The van der Waals surface area contributed by atoms with Crippen LogP contribution in [-0.4, -0.2) is 31.2 Å². The molecule has 0 bridgehead atoms. The second-order valence-electron chi connectivity index (χ2n) is 4.72. The van der Waals surface area contributed by atoms with Crippen LogP contribution in [0.4, 0.5) is 5.69 Å². The number of sulfone groups is 1. The minimum Gasteiger partial charge on any atom is -0.313 e. The zero-order valence-electron chi connectivity index (χ0n) is 11.9. The Balaban J connectivity index is 3.14. The lowest BCUT2D eigenvalue weighted by molar-refractivity contribution is -0.387. The zero-order valence-corrected chi connectivity index (χ0v) is 12.7. The maximum atomic E-state index is 12.5. The lowest BCUT2D eigenvalue weighted by Gasteiger charge is -2.21. The average Bonchev–Trinajstić information content (AvgIpc) is 2.43. The number of nitro benzene ring substituents is 1. The van der Waals surface area contributed by atoms with Crippen LogP contribution in [0.2, 0.25) is 0 Å². The predicted octanol–water partition coefficient (Wildman–Crippen LogP) is 2.15. The third-order valence-electron chi connectivity index (χ3n) is 3.28. The fourth-order valence-corrected chi connectivity index (χ4v) is 3.59. The van der Waals surface area contributed by atoms with Crippen LogP contribution in [0.5, 0.6) is 0 Å². The van der Waals surface area contributed by atoms with Crippen molar-refractivity contribution >= 4 is 15.5 Å². The summed E-state index contributed by atoms with van der Waals surface area (Å²) in [4.78, 5) is 10.1. The van der Waals surface area contributed by atoms with Crippen molar-refractivity contribution in [3.63, 3.8) is 0 Å². The molecular weight excluding hydrogens is 280 g/mol. The number of nitrogens with one attached hydrogen (secondary N) is 1. The Hall–Kier alpha value is -1.47. The van der Waals surface area contributed by atoms with Gasteiger partial charge in [0.25, 0.3) is 5.69 Å². The number of rotatable bonds is 7. The first kappa shape index (κ1) is 16.6.